The van der Waals surface area contributed by atoms with Gasteiger partial charge in [-0.1, -0.05) is 19.1 Å². The number of rotatable bonds is 1. The number of aromatic amines is 1. The zero-order valence-corrected chi connectivity index (χ0v) is 9.89. The van der Waals surface area contributed by atoms with Crippen LogP contribution in [-0.2, 0) is 12.8 Å². The molecule has 90 valence electrons. The van der Waals surface area contributed by atoms with Crippen LogP contribution in [0.15, 0.2) is 18.2 Å². The second-order valence-corrected chi connectivity index (χ2v) is 5.39. The highest BCUT2D eigenvalue weighted by Crippen LogP contribution is 2.38. The zero-order chi connectivity index (χ0) is 12.0. The lowest BCUT2D eigenvalue weighted by molar-refractivity contribution is 0.127. The molecule has 1 aromatic carbocycles. The summed E-state index contributed by atoms with van der Waals surface area (Å²) >= 11 is 0. The molecule has 2 N–H and O–H groups in total. The number of nitrogens with one attached hydrogen (secondary N) is 1. The number of aryl methyl sites for hydroxylation is 1. The first kappa shape index (κ1) is 10.8. The number of benzene rings is 1. The SMILES string of the molecule is CC1(CO)CCc2[nH]c3c(F)cccc3c2C1. The van der Waals surface area contributed by atoms with E-state index in [0.717, 1.165) is 30.3 Å². The smallest absolute Gasteiger partial charge is 0.147 e. The van der Waals surface area contributed by atoms with Gasteiger partial charge in [0.05, 0.1) is 5.52 Å². The third-order valence-electron chi connectivity index (χ3n) is 3.94. The second kappa shape index (κ2) is 3.57. The Balaban J connectivity index is 2.19. The fraction of sp³-hybridized carbons (Fsp3) is 0.429. The third kappa shape index (κ3) is 1.57. The van der Waals surface area contributed by atoms with Crippen LogP contribution in [0.5, 0.6) is 0 Å². The van der Waals surface area contributed by atoms with Crippen molar-refractivity contribution in [3.05, 3.63) is 35.3 Å². The van der Waals surface area contributed by atoms with Crippen molar-refractivity contribution in [3.8, 4) is 0 Å². The van der Waals surface area contributed by atoms with E-state index in [9.17, 15) is 9.50 Å². The van der Waals surface area contributed by atoms with E-state index in [2.05, 4.69) is 11.9 Å². The number of aliphatic hydroxyl groups excluding tert-OH is 1. The average molecular weight is 233 g/mol. The molecule has 3 rings (SSSR count). The van der Waals surface area contributed by atoms with Crippen molar-refractivity contribution < 1.29 is 9.50 Å². The minimum Gasteiger partial charge on any atom is -0.396 e. The summed E-state index contributed by atoms with van der Waals surface area (Å²) in [5.41, 5.74) is 2.87. The molecule has 1 unspecified atom stereocenters. The molecule has 0 saturated carbocycles. The molecular weight excluding hydrogens is 217 g/mol. The maximum Gasteiger partial charge on any atom is 0.147 e. The van der Waals surface area contributed by atoms with Crippen molar-refractivity contribution >= 4 is 10.9 Å². The largest absolute Gasteiger partial charge is 0.396 e. The molecule has 2 nitrogen and oxygen atoms in total. The Morgan fingerprint density at radius 3 is 3.06 bits per heavy atom. The molecule has 3 heteroatoms. The molecule has 1 heterocycles. The summed E-state index contributed by atoms with van der Waals surface area (Å²) in [5, 5.41) is 10.4. The summed E-state index contributed by atoms with van der Waals surface area (Å²) in [7, 11) is 0. The highest BCUT2D eigenvalue weighted by Gasteiger charge is 2.31. The lowest BCUT2D eigenvalue weighted by atomic mass is 9.75. The van der Waals surface area contributed by atoms with Crippen molar-refractivity contribution in [2.24, 2.45) is 5.41 Å². The van der Waals surface area contributed by atoms with E-state index in [1.54, 1.807) is 6.07 Å². The van der Waals surface area contributed by atoms with Gasteiger partial charge in [-0.25, -0.2) is 4.39 Å². The van der Waals surface area contributed by atoms with Crippen molar-refractivity contribution in [2.45, 2.75) is 26.2 Å². The number of aliphatic hydroxyl groups is 1. The molecule has 0 saturated heterocycles. The van der Waals surface area contributed by atoms with Crippen molar-refractivity contribution in [1.29, 1.82) is 0 Å². The fourth-order valence-corrected chi connectivity index (χ4v) is 2.78. The minimum atomic E-state index is -0.192. The van der Waals surface area contributed by atoms with Crippen LogP contribution in [0.3, 0.4) is 0 Å². The first-order valence-corrected chi connectivity index (χ1v) is 6.02. The van der Waals surface area contributed by atoms with Gasteiger partial charge in [0.25, 0.3) is 0 Å². The predicted octanol–water partition coefficient (Wildman–Crippen LogP) is 2.79. The van der Waals surface area contributed by atoms with E-state index in [4.69, 9.17) is 0 Å². The minimum absolute atomic E-state index is 0.0611. The molecule has 0 bridgehead atoms. The van der Waals surface area contributed by atoms with Gasteiger partial charge in [-0.3, -0.25) is 0 Å². The highest BCUT2D eigenvalue weighted by molar-refractivity contribution is 5.85. The number of hydrogen-bond donors (Lipinski definition) is 2. The molecule has 0 radical (unpaired) electrons. The molecule has 2 aromatic rings. The maximum atomic E-state index is 13.7. The quantitative estimate of drug-likeness (QED) is 0.780. The summed E-state index contributed by atoms with van der Waals surface area (Å²) in [6.07, 6.45) is 2.66. The summed E-state index contributed by atoms with van der Waals surface area (Å²) in [6, 6.07) is 5.18. The molecule has 1 atom stereocenters. The maximum absolute atomic E-state index is 13.7. The summed E-state index contributed by atoms with van der Waals surface area (Å²) in [4.78, 5) is 3.19. The van der Waals surface area contributed by atoms with Gasteiger partial charge >= 0.3 is 0 Å². The van der Waals surface area contributed by atoms with E-state index in [1.165, 1.54) is 11.6 Å². The van der Waals surface area contributed by atoms with Crippen molar-refractivity contribution in [1.82, 2.24) is 4.98 Å². The van der Waals surface area contributed by atoms with Crippen LogP contribution in [0.4, 0.5) is 4.39 Å². The fourth-order valence-electron chi connectivity index (χ4n) is 2.78. The van der Waals surface area contributed by atoms with Gasteiger partial charge in [0.2, 0.25) is 0 Å². The molecule has 17 heavy (non-hydrogen) atoms. The highest BCUT2D eigenvalue weighted by atomic mass is 19.1. The normalized spacial score (nSPS) is 23.9. The lowest BCUT2D eigenvalue weighted by Gasteiger charge is -2.31. The Kier molecular flexibility index (Phi) is 2.26. The number of aromatic nitrogens is 1. The molecule has 0 amide bonds. The van der Waals surface area contributed by atoms with Crippen LogP contribution in [0.25, 0.3) is 10.9 Å². The molecule has 0 spiro atoms. The van der Waals surface area contributed by atoms with E-state index in [0.29, 0.717) is 5.52 Å². The first-order valence-electron chi connectivity index (χ1n) is 6.02. The average Bonchev–Trinajstić information content (AvgIpc) is 2.69. The van der Waals surface area contributed by atoms with Gasteiger partial charge in [-0.05, 0) is 36.3 Å². The number of para-hydroxylation sites is 1. The predicted molar refractivity (Wildman–Crippen MR) is 65.5 cm³/mol. The topological polar surface area (TPSA) is 36.0 Å². The van der Waals surface area contributed by atoms with Crippen molar-refractivity contribution in [2.75, 3.05) is 6.61 Å². The standard InChI is InChI=1S/C14H16FNO/c1-14(8-17)6-5-12-10(7-14)9-3-2-4-11(15)13(9)16-12/h2-4,16-17H,5-8H2,1H3. The Hall–Kier alpha value is -1.35. The summed E-state index contributed by atoms with van der Waals surface area (Å²) in [5.74, 6) is -0.192. The number of H-pyrrole nitrogens is 1. The Morgan fingerprint density at radius 1 is 1.47 bits per heavy atom. The Bertz CT molecular complexity index is 575. The van der Waals surface area contributed by atoms with Crippen LogP contribution >= 0.6 is 0 Å². The van der Waals surface area contributed by atoms with Crippen LogP contribution < -0.4 is 0 Å². The second-order valence-electron chi connectivity index (χ2n) is 5.39. The molecular formula is C14H16FNO. The van der Waals surface area contributed by atoms with Crippen LogP contribution in [-0.4, -0.2) is 16.7 Å². The summed E-state index contributed by atoms with van der Waals surface area (Å²) in [6.45, 7) is 2.28. The van der Waals surface area contributed by atoms with Crippen LogP contribution in [0.2, 0.25) is 0 Å². The molecule has 1 aliphatic rings. The van der Waals surface area contributed by atoms with Gasteiger partial charge in [0, 0.05) is 17.7 Å². The lowest BCUT2D eigenvalue weighted by Crippen LogP contribution is -2.29. The van der Waals surface area contributed by atoms with Gasteiger partial charge in [0.15, 0.2) is 0 Å². The molecule has 1 aliphatic carbocycles. The number of hydrogen-bond acceptors (Lipinski definition) is 1. The molecule has 0 fully saturated rings. The Labute approximate surface area is 99.5 Å². The molecule has 0 aliphatic heterocycles. The van der Waals surface area contributed by atoms with E-state index >= 15 is 0 Å². The zero-order valence-electron chi connectivity index (χ0n) is 9.89. The van der Waals surface area contributed by atoms with E-state index < -0.39 is 0 Å². The van der Waals surface area contributed by atoms with Crippen LogP contribution in [0.1, 0.15) is 24.6 Å². The Morgan fingerprint density at radius 2 is 2.29 bits per heavy atom. The van der Waals surface area contributed by atoms with Crippen LogP contribution in [0, 0.1) is 11.2 Å². The summed E-state index contributed by atoms with van der Waals surface area (Å²) < 4.78 is 13.7. The van der Waals surface area contributed by atoms with Gasteiger partial charge < -0.3 is 10.1 Å². The third-order valence-corrected chi connectivity index (χ3v) is 3.94. The van der Waals surface area contributed by atoms with Gasteiger partial charge in [0.1, 0.15) is 5.82 Å². The van der Waals surface area contributed by atoms with Gasteiger partial charge in [-0.2, -0.15) is 0 Å². The number of fused-ring (bicyclic) bond motifs is 3. The van der Waals surface area contributed by atoms with E-state index in [-0.39, 0.29) is 17.8 Å². The van der Waals surface area contributed by atoms with E-state index in [1.807, 2.05) is 6.07 Å². The number of halogens is 1. The van der Waals surface area contributed by atoms with Crippen molar-refractivity contribution in [3.63, 3.8) is 0 Å². The molecule has 1 aromatic heterocycles. The monoisotopic (exact) mass is 233 g/mol. The first-order chi connectivity index (χ1) is 8.13. The van der Waals surface area contributed by atoms with Gasteiger partial charge in [-0.15, -0.1) is 0 Å².